The molecule has 1 aromatic heterocycles. The SMILES string of the molecule is Cc1ccc(Nc2cnc(C(=O)Nc3ccc(F)c(Cl)c3)cn2)cc1. The van der Waals surface area contributed by atoms with E-state index in [9.17, 15) is 9.18 Å². The van der Waals surface area contributed by atoms with Gasteiger partial charge in [0, 0.05) is 11.4 Å². The van der Waals surface area contributed by atoms with Crippen molar-refractivity contribution in [3.05, 3.63) is 77.0 Å². The Balaban J connectivity index is 1.67. The minimum absolute atomic E-state index is 0.0680. The number of benzene rings is 2. The van der Waals surface area contributed by atoms with Gasteiger partial charge in [0.05, 0.1) is 17.4 Å². The molecular weight excluding hydrogens is 343 g/mol. The van der Waals surface area contributed by atoms with Crippen LogP contribution in [0.2, 0.25) is 5.02 Å². The number of carbonyl (C=O) groups excluding carboxylic acids is 1. The molecule has 0 aliphatic carbocycles. The molecule has 0 spiro atoms. The molecule has 0 fully saturated rings. The molecule has 0 saturated carbocycles. The maximum absolute atomic E-state index is 13.1. The lowest BCUT2D eigenvalue weighted by atomic mass is 10.2. The first-order valence-electron chi connectivity index (χ1n) is 7.43. The number of nitrogens with zero attached hydrogens (tertiary/aromatic N) is 2. The summed E-state index contributed by atoms with van der Waals surface area (Å²) in [5.41, 5.74) is 2.54. The second kappa shape index (κ2) is 7.27. The summed E-state index contributed by atoms with van der Waals surface area (Å²) in [6, 6.07) is 11.7. The highest BCUT2D eigenvalue weighted by molar-refractivity contribution is 6.31. The van der Waals surface area contributed by atoms with Crippen LogP contribution in [0.15, 0.2) is 54.9 Å². The van der Waals surface area contributed by atoms with Crippen molar-refractivity contribution in [3.63, 3.8) is 0 Å². The van der Waals surface area contributed by atoms with Gasteiger partial charge in [-0.15, -0.1) is 0 Å². The zero-order valence-corrected chi connectivity index (χ0v) is 14.0. The third-order valence-electron chi connectivity index (χ3n) is 3.39. The smallest absolute Gasteiger partial charge is 0.275 e. The third-order valence-corrected chi connectivity index (χ3v) is 3.68. The van der Waals surface area contributed by atoms with Gasteiger partial charge in [0.2, 0.25) is 0 Å². The molecule has 25 heavy (non-hydrogen) atoms. The zero-order chi connectivity index (χ0) is 17.8. The number of amides is 1. The predicted octanol–water partition coefficient (Wildman–Crippen LogP) is 4.57. The molecule has 5 nitrogen and oxygen atoms in total. The minimum Gasteiger partial charge on any atom is -0.339 e. The second-order valence-corrected chi connectivity index (χ2v) is 5.77. The van der Waals surface area contributed by atoms with Crippen LogP contribution in [0.5, 0.6) is 0 Å². The number of nitrogens with one attached hydrogen (secondary N) is 2. The van der Waals surface area contributed by atoms with Crippen LogP contribution in [0.25, 0.3) is 0 Å². The fraction of sp³-hybridized carbons (Fsp3) is 0.0556. The summed E-state index contributed by atoms with van der Waals surface area (Å²) < 4.78 is 13.1. The van der Waals surface area contributed by atoms with Crippen molar-refractivity contribution in [2.24, 2.45) is 0 Å². The lowest BCUT2D eigenvalue weighted by molar-refractivity contribution is 0.102. The Labute approximate surface area is 148 Å². The third kappa shape index (κ3) is 4.30. The molecule has 3 aromatic rings. The number of anilines is 3. The van der Waals surface area contributed by atoms with E-state index < -0.39 is 11.7 Å². The van der Waals surface area contributed by atoms with Crippen LogP contribution in [0.3, 0.4) is 0 Å². The Bertz CT molecular complexity index is 898. The van der Waals surface area contributed by atoms with E-state index in [1.54, 1.807) is 0 Å². The standard InChI is InChI=1S/C18H14ClFN4O/c1-11-2-4-12(5-3-11)23-17-10-21-16(9-22-17)18(25)24-13-6-7-15(20)14(19)8-13/h2-10H,1H3,(H,22,23)(H,24,25). The Hall–Kier alpha value is -2.99. The first kappa shape index (κ1) is 16.9. The Morgan fingerprint density at radius 3 is 2.40 bits per heavy atom. The molecule has 0 unspecified atom stereocenters. The molecular formula is C18H14ClFN4O. The zero-order valence-electron chi connectivity index (χ0n) is 13.3. The van der Waals surface area contributed by atoms with Crippen molar-refractivity contribution >= 4 is 34.7 Å². The van der Waals surface area contributed by atoms with Crippen LogP contribution in [0.1, 0.15) is 16.1 Å². The lowest BCUT2D eigenvalue weighted by Gasteiger charge is -2.07. The first-order chi connectivity index (χ1) is 12.0. The average molecular weight is 357 g/mol. The van der Waals surface area contributed by atoms with Crippen molar-refractivity contribution < 1.29 is 9.18 Å². The van der Waals surface area contributed by atoms with Gasteiger partial charge >= 0.3 is 0 Å². The van der Waals surface area contributed by atoms with E-state index in [4.69, 9.17) is 11.6 Å². The van der Waals surface area contributed by atoms with Crippen LogP contribution in [-0.2, 0) is 0 Å². The number of aromatic nitrogens is 2. The van der Waals surface area contributed by atoms with Gasteiger partial charge in [-0.1, -0.05) is 29.3 Å². The fourth-order valence-electron chi connectivity index (χ4n) is 2.06. The van der Waals surface area contributed by atoms with Gasteiger partial charge in [-0.05, 0) is 37.3 Å². The number of hydrogen-bond acceptors (Lipinski definition) is 4. The quantitative estimate of drug-likeness (QED) is 0.718. The normalized spacial score (nSPS) is 10.4. The fourth-order valence-corrected chi connectivity index (χ4v) is 2.24. The van der Waals surface area contributed by atoms with Crippen molar-refractivity contribution in [2.45, 2.75) is 6.92 Å². The molecule has 1 heterocycles. The van der Waals surface area contributed by atoms with Gasteiger partial charge in [0.25, 0.3) is 5.91 Å². The van der Waals surface area contributed by atoms with Crippen molar-refractivity contribution in [3.8, 4) is 0 Å². The molecule has 7 heteroatoms. The van der Waals surface area contributed by atoms with Crippen LogP contribution >= 0.6 is 11.6 Å². The maximum atomic E-state index is 13.1. The van der Waals surface area contributed by atoms with Crippen LogP contribution in [0.4, 0.5) is 21.6 Å². The maximum Gasteiger partial charge on any atom is 0.275 e. The molecule has 0 radical (unpaired) electrons. The largest absolute Gasteiger partial charge is 0.339 e. The van der Waals surface area contributed by atoms with E-state index in [0.29, 0.717) is 11.5 Å². The summed E-state index contributed by atoms with van der Waals surface area (Å²) in [7, 11) is 0. The van der Waals surface area contributed by atoms with Crippen molar-refractivity contribution in [1.82, 2.24) is 9.97 Å². The second-order valence-electron chi connectivity index (χ2n) is 5.36. The number of rotatable bonds is 4. The average Bonchev–Trinajstić information content (AvgIpc) is 2.61. The highest BCUT2D eigenvalue weighted by atomic mass is 35.5. The molecule has 0 atom stereocenters. The van der Waals surface area contributed by atoms with Crippen LogP contribution in [-0.4, -0.2) is 15.9 Å². The predicted molar refractivity (Wildman–Crippen MR) is 95.9 cm³/mol. The van der Waals surface area contributed by atoms with Gasteiger partial charge in [0.1, 0.15) is 17.3 Å². The summed E-state index contributed by atoms with van der Waals surface area (Å²) in [5.74, 6) is -0.492. The van der Waals surface area contributed by atoms with E-state index in [1.165, 1.54) is 30.6 Å². The summed E-state index contributed by atoms with van der Waals surface area (Å²) in [5, 5.41) is 5.62. The van der Waals surface area contributed by atoms with Gasteiger partial charge in [0.15, 0.2) is 0 Å². The van der Waals surface area contributed by atoms with Crippen molar-refractivity contribution in [2.75, 3.05) is 10.6 Å². The molecule has 0 saturated heterocycles. The number of aryl methyl sites for hydroxylation is 1. The lowest BCUT2D eigenvalue weighted by Crippen LogP contribution is -2.14. The summed E-state index contributed by atoms with van der Waals surface area (Å²) >= 11 is 5.69. The van der Waals surface area contributed by atoms with Crippen LogP contribution < -0.4 is 10.6 Å². The molecule has 2 N–H and O–H groups in total. The van der Waals surface area contributed by atoms with E-state index >= 15 is 0 Å². The molecule has 2 aromatic carbocycles. The molecule has 0 aliphatic heterocycles. The van der Waals surface area contributed by atoms with Gasteiger partial charge in [-0.2, -0.15) is 0 Å². The number of halogens is 2. The van der Waals surface area contributed by atoms with E-state index in [1.807, 2.05) is 31.2 Å². The number of carbonyl (C=O) groups is 1. The molecule has 0 aliphatic rings. The Kier molecular flexibility index (Phi) is 4.90. The first-order valence-corrected chi connectivity index (χ1v) is 7.81. The molecule has 126 valence electrons. The summed E-state index contributed by atoms with van der Waals surface area (Å²) in [6.07, 6.45) is 2.82. The van der Waals surface area contributed by atoms with Gasteiger partial charge in [-0.25, -0.2) is 14.4 Å². The van der Waals surface area contributed by atoms with E-state index in [0.717, 1.165) is 11.3 Å². The van der Waals surface area contributed by atoms with E-state index in [-0.39, 0.29) is 10.7 Å². The Morgan fingerprint density at radius 1 is 1.04 bits per heavy atom. The topological polar surface area (TPSA) is 66.9 Å². The monoisotopic (exact) mass is 356 g/mol. The van der Waals surface area contributed by atoms with Gasteiger partial charge < -0.3 is 10.6 Å². The van der Waals surface area contributed by atoms with E-state index in [2.05, 4.69) is 20.6 Å². The molecule has 3 rings (SSSR count). The highest BCUT2D eigenvalue weighted by Gasteiger charge is 2.10. The number of hydrogen-bond donors (Lipinski definition) is 2. The summed E-state index contributed by atoms with van der Waals surface area (Å²) in [6.45, 7) is 2.01. The molecule has 0 bridgehead atoms. The summed E-state index contributed by atoms with van der Waals surface area (Å²) in [4.78, 5) is 20.4. The van der Waals surface area contributed by atoms with Crippen molar-refractivity contribution in [1.29, 1.82) is 0 Å². The highest BCUT2D eigenvalue weighted by Crippen LogP contribution is 2.20. The molecule has 1 amide bonds. The van der Waals surface area contributed by atoms with Gasteiger partial charge in [-0.3, -0.25) is 4.79 Å². The minimum atomic E-state index is -0.550. The Morgan fingerprint density at radius 2 is 1.76 bits per heavy atom. The van der Waals surface area contributed by atoms with Crippen LogP contribution in [0, 0.1) is 12.7 Å².